The molecule has 0 saturated carbocycles. The minimum absolute atomic E-state index is 0.0753. The van der Waals surface area contributed by atoms with Crippen LogP contribution in [0.4, 0.5) is 0 Å². The summed E-state index contributed by atoms with van der Waals surface area (Å²) in [5.41, 5.74) is 0. The van der Waals surface area contributed by atoms with Crippen molar-refractivity contribution in [2.45, 2.75) is 24.6 Å². The van der Waals surface area contributed by atoms with E-state index in [1.165, 1.54) is 0 Å². The number of aliphatic hydroxyl groups excluding tert-OH is 1. The predicted molar refractivity (Wildman–Crippen MR) is 40.6 cm³/mol. The van der Waals surface area contributed by atoms with E-state index in [2.05, 4.69) is 6.58 Å². The predicted octanol–water partition coefficient (Wildman–Crippen LogP) is -0.326. The fourth-order valence-corrected chi connectivity index (χ4v) is 1.35. The lowest BCUT2D eigenvalue weighted by Crippen LogP contribution is -2.38. The Labute approximate surface area is 70.7 Å². The molecule has 2 aliphatic rings. The highest BCUT2D eigenvalue weighted by Crippen LogP contribution is 2.34. The molecule has 2 rings (SSSR count). The minimum atomic E-state index is -0.487. The maximum atomic E-state index is 9.24. The summed E-state index contributed by atoms with van der Waals surface area (Å²) in [6, 6.07) is 0. The molecule has 4 heteroatoms. The van der Waals surface area contributed by atoms with Gasteiger partial charge in [-0.1, -0.05) is 6.08 Å². The Kier molecular flexibility index (Phi) is 2.14. The van der Waals surface area contributed by atoms with Crippen molar-refractivity contribution in [3.05, 3.63) is 12.7 Å². The van der Waals surface area contributed by atoms with Crippen molar-refractivity contribution >= 4 is 0 Å². The van der Waals surface area contributed by atoms with Crippen LogP contribution in [0.15, 0.2) is 12.7 Å². The van der Waals surface area contributed by atoms with Crippen LogP contribution in [0.5, 0.6) is 0 Å². The van der Waals surface area contributed by atoms with E-state index in [1.807, 2.05) is 0 Å². The van der Waals surface area contributed by atoms with E-state index in [1.54, 1.807) is 6.08 Å². The molecule has 4 unspecified atom stereocenters. The molecule has 68 valence electrons. The van der Waals surface area contributed by atoms with Crippen LogP contribution >= 0.6 is 0 Å². The quantitative estimate of drug-likeness (QED) is 0.468. The van der Waals surface area contributed by atoms with Gasteiger partial charge in [0.15, 0.2) is 6.29 Å². The van der Waals surface area contributed by atoms with E-state index in [9.17, 15) is 5.11 Å². The second kappa shape index (κ2) is 3.14. The summed E-state index contributed by atoms with van der Waals surface area (Å²) in [6.45, 7) is 4.27. The summed E-state index contributed by atoms with van der Waals surface area (Å²) in [4.78, 5) is 0. The summed E-state index contributed by atoms with van der Waals surface area (Å²) in [5, 5.41) is 9.24. The summed E-state index contributed by atoms with van der Waals surface area (Å²) in [7, 11) is 0. The monoisotopic (exact) mass is 172 g/mol. The standard InChI is InChI=1S/C8H12O4/c1-2-3-10-8-7-6(12-7)5(9)4-11-8/h2,5-9H,1,3-4H2. The van der Waals surface area contributed by atoms with Gasteiger partial charge in [0.1, 0.15) is 18.3 Å². The highest BCUT2D eigenvalue weighted by molar-refractivity contribution is 4.96. The number of ether oxygens (including phenoxy) is 3. The molecule has 0 spiro atoms. The SMILES string of the molecule is C=CCOC1OCC(O)C2OC12. The number of rotatable bonds is 3. The van der Waals surface area contributed by atoms with E-state index in [0.29, 0.717) is 13.2 Å². The van der Waals surface area contributed by atoms with Gasteiger partial charge in [-0.15, -0.1) is 6.58 Å². The van der Waals surface area contributed by atoms with Crippen molar-refractivity contribution in [2.24, 2.45) is 0 Å². The molecule has 0 radical (unpaired) electrons. The van der Waals surface area contributed by atoms with E-state index in [0.717, 1.165) is 0 Å². The highest BCUT2D eigenvalue weighted by atomic mass is 16.7. The van der Waals surface area contributed by atoms with Gasteiger partial charge < -0.3 is 19.3 Å². The highest BCUT2D eigenvalue weighted by Gasteiger charge is 2.54. The molecule has 2 heterocycles. The van der Waals surface area contributed by atoms with E-state index >= 15 is 0 Å². The zero-order chi connectivity index (χ0) is 8.55. The van der Waals surface area contributed by atoms with E-state index in [4.69, 9.17) is 14.2 Å². The molecule has 2 aliphatic heterocycles. The average Bonchev–Trinajstić information content (AvgIpc) is 2.83. The Morgan fingerprint density at radius 3 is 3.17 bits per heavy atom. The molecule has 0 aromatic heterocycles. The van der Waals surface area contributed by atoms with Gasteiger partial charge in [-0.05, 0) is 0 Å². The number of hydrogen-bond donors (Lipinski definition) is 1. The lowest BCUT2D eigenvalue weighted by molar-refractivity contribution is -0.170. The van der Waals surface area contributed by atoms with Crippen LogP contribution in [-0.2, 0) is 14.2 Å². The van der Waals surface area contributed by atoms with Crippen molar-refractivity contribution in [1.82, 2.24) is 0 Å². The molecule has 4 nitrogen and oxygen atoms in total. The van der Waals surface area contributed by atoms with Gasteiger partial charge in [-0.25, -0.2) is 0 Å². The fourth-order valence-electron chi connectivity index (χ4n) is 1.35. The Bertz CT molecular complexity index is 182. The molecule has 2 fully saturated rings. The molecule has 4 atom stereocenters. The maximum absolute atomic E-state index is 9.24. The third kappa shape index (κ3) is 1.38. The number of aliphatic hydroxyl groups is 1. The topological polar surface area (TPSA) is 51.2 Å². The molecule has 1 N–H and O–H groups in total. The van der Waals surface area contributed by atoms with Crippen LogP contribution < -0.4 is 0 Å². The van der Waals surface area contributed by atoms with Gasteiger partial charge in [0.05, 0.1) is 13.2 Å². The van der Waals surface area contributed by atoms with Crippen LogP contribution in [0.3, 0.4) is 0 Å². The van der Waals surface area contributed by atoms with Gasteiger partial charge in [0.25, 0.3) is 0 Å². The molecule has 2 saturated heterocycles. The Hall–Kier alpha value is -0.420. The normalized spacial score (nSPS) is 45.1. The lowest BCUT2D eigenvalue weighted by atomic mass is 10.1. The summed E-state index contributed by atoms with van der Waals surface area (Å²) in [6.07, 6.45) is 0.698. The van der Waals surface area contributed by atoms with Gasteiger partial charge >= 0.3 is 0 Å². The van der Waals surface area contributed by atoms with Crippen LogP contribution in [0.1, 0.15) is 0 Å². The van der Waals surface area contributed by atoms with Crippen molar-refractivity contribution in [3.8, 4) is 0 Å². The molecular weight excluding hydrogens is 160 g/mol. The van der Waals surface area contributed by atoms with Gasteiger partial charge in [-0.2, -0.15) is 0 Å². The van der Waals surface area contributed by atoms with E-state index < -0.39 is 6.10 Å². The molecule has 12 heavy (non-hydrogen) atoms. The molecule has 0 aromatic carbocycles. The first kappa shape index (κ1) is 8.19. The Balaban J connectivity index is 1.82. The van der Waals surface area contributed by atoms with Crippen molar-refractivity contribution in [1.29, 1.82) is 0 Å². The fraction of sp³-hybridized carbons (Fsp3) is 0.750. The van der Waals surface area contributed by atoms with Crippen LogP contribution in [-0.4, -0.2) is 42.9 Å². The third-order valence-corrected chi connectivity index (χ3v) is 2.02. The molecule has 0 amide bonds. The number of fused-ring (bicyclic) bond motifs is 1. The number of epoxide rings is 1. The second-order valence-corrected chi connectivity index (χ2v) is 2.96. The molecule has 0 aliphatic carbocycles. The first-order valence-electron chi connectivity index (χ1n) is 4.00. The van der Waals surface area contributed by atoms with Gasteiger partial charge in [0.2, 0.25) is 0 Å². The first-order valence-corrected chi connectivity index (χ1v) is 4.00. The Morgan fingerprint density at radius 1 is 1.58 bits per heavy atom. The molecular formula is C8H12O4. The summed E-state index contributed by atoms with van der Waals surface area (Å²) >= 11 is 0. The maximum Gasteiger partial charge on any atom is 0.186 e. The minimum Gasteiger partial charge on any atom is -0.388 e. The zero-order valence-electron chi connectivity index (χ0n) is 6.68. The Morgan fingerprint density at radius 2 is 2.42 bits per heavy atom. The summed E-state index contributed by atoms with van der Waals surface area (Å²) in [5.74, 6) is 0. The number of hydrogen-bond acceptors (Lipinski definition) is 4. The molecule has 0 aromatic rings. The first-order chi connectivity index (χ1) is 5.83. The van der Waals surface area contributed by atoms with E-state index in [-0.39, 0.29) is 18.5 Å². The van der Waals surface area contributed by atoms with Gasteiger partial charge in [0, 0.05) is 0 Å². The van der Waals surface area contributed by atoms with Crippen molar-refractivity contribution in [2.75, 3.05) is 13.2 Å². The smallest absolute Gasteiger partial charge is 0.186 e. The zero-order valence-corrected chi connectivity index (χ0v) is 6.68. The largest absolute Gasteiger partial charge is 0.388 e. The third-order valence-electron chi connectivity index (χ3n) is 2.02. The second-order valence-electron chi connectivity index (χ2n) is 2.96. The van der Waals surface area contributed by atoms with Crippen molar-refractivity contribution in [3.63, 3.8) is 0 Å². The van der Waals surface area contributed by atoms with Crippen LogP contribution in [0.25, 0.3) is 0 Å². The van der Waals surface area contributed by atoms with Crippen LogP contribution in [0, 0.1) is 0 Å². The summed E-state index contributed by atoms with van der Waals surface area (Å²) < 4.78 is 15.6. The van der Waals surface area contributed by atoms with Gasteiger partial charge in [-0.3, -0.25) is 0 Å². The van der Waals surface area contributed by atoms with Crippen molar-refractivity contribution < 1.29 is 19.3 Å². The molecule has 0 bridgehead atoms. The lowest BCUT2D eigenvalue weighted by Gasteiger charge is -2.21. The van der Waals surface area contributed by atoms with Crippen LogP contribution in [0.2, 0.25) is 0 Å². The average molecular weight is 172 g/mol.